The molecule has 0 bridgehead atoms. The number of nitrogens with one attached hydrogen (secondary N) is 1. The van der Waals surface area contributed by atoms with Crippen LogP contribution in [0.15, 0.2) is 46.2 Å². The number of rotatable bonds is 5. The summed E-state index contributed by atoms with van der Waals surface area (Å²) in [5.74, 6) is 1.26. The maximum atomic E-state index is 12.5. The van der Waals surface area contributed by atoms with Crippen LogP contribution in [0.3, 0.4) is 0 Å². The minimum absolute atomic E-state index is 0.105. The van der Waals surface area contributed by atoms with Crippen molar-refractivity contribution in [1.29, 1.82) is 0 Å². The molecule has 7 heteroatoms. The van der Waals surface area contributed by atoms with Crippen LogP contribution in [0, 0.1) is 6.92 Å². The Kier molecular flexibility index (Phi) is 4.77. The number of thiazole rings is 1. The molecule has 1 N–H and O–H groups in total. The average Bonchev–Trinajstić information content (AvgIpc) is 3.40. The molecule has 2 aromatic heterocycles. The normalized spacial score (nSPS) is 14.0. The summed E-state index contributed by atoms with van der Waals surface area (Å²) in [5, 5.41) is 5.79. The second-order valence-electron chi connectivity index (χ2n) is 6.40. The van der Waals surface area contributed by atoms with Crippen molar-refractivity contribution in [2.75, 3.05) is 11.4 Å². The number of amides is 2. The third-order valence-corrected chi connectivity index (χ3v) is 5.22. The lowest BCUT2D eigenvalue weighted by molar-refractivity contribution is -0.117. The SMILES string of the molecule is Cc1nc(-c2ccc(CNC(=O)c3cccc(N4CCCC4=O)c3)o2)cs1. The monoisotopic (exact) mass is 381 g/mol. The van der Waals surface area contributed by atoms with Gasteiger partial charge in [-0.2, -0.15) is 0 Å². The van der Waals surface area contributed by atoms with Gasteiger partial charge in [0.2, 0.25) is 5.91 Å². The van der Waals surface area contributed by atoms with Crippen LogP contribution < -0.4 is 10.2 Å². The molecule has 0 aliphatic carbocycles. The molecule has 0 atom stereocenters. The first kappa shape index (κ1) is 17.5. The van der Waals surface area contributed by atoms with Crippen LogP contribution in [0.1, 0.15) is 34.0 Å². The maximum absolute atomic E-state index is 12.5. The second kappa shape index (κ2) is 7.36. The first-order valence-electron chi connectivity index (χ1n) is 8.80. The first-order valence-corrected chi connectivity index (χ1v) is 9.68. The van der Waals surface area contributed by atoms with Crippen molar-refractivity contribution >= 4 is 28.8 Å². The van der Waals surface area contributed by atoms with Crippen LogP contribution in [0.25, 0.3) is 11.5 Å². The summed E-state index contributed by atoms with van der Waals surface area (Å²) in [7, 11) is 0. The Labute approximate surface area is 160 Å². The van der Waals surface area contributed by atoms with Gasteiger partial charge in [0.25, 0.3) is 5.91 Å². The lowest BCUT2D eigenvalue weighted by Gasteiger charge is -2.16. The molecular formula is C20H19N3O3S. The van der Waals surface area contributed by atoms with E-state index in [1.807, 2.05) is 30.5 Å². The quantitative estimate of drug-likeness (QED) is 0.730. The lowest BCUT2D eigenvalue weighted by Crippen LogP contribution is -2.25. The molecule has 138 valence electrons. The van der Waals surface area contributed by atoms with E-state index in [1.54, 1.807) is 34.4 Å². The number of aromatic nitrogens is 1. The summed E-state index contributed by atoms with van der Waals surface area (Å²) < 4.78 is 5.76. The number of benzene rings is 1. The summed E-state index contributed by atoms with van der Waals surface area (Å²) >= 11 is 1.57. The minimum atomic E-state index is -0.203. The van der Waals surface area contributed by atoms with Crippen LogP contribution in [0.4, 0.5) is 5.69 Å². The van der Waals surface area contributed by atoms with E-state index in [4.69, 9.17) is 4.42 Å². The fourth-order valence-electron chi connectivity index (χ4n) is 3.09. The highest BCUT2D eigenvalue weighted by Gasteiger charge is 2.22. The van der Waals surface area contributed by atoms with Gasteiger partial charge in [0, 0.05) is 29.6 Å². The van der Waals surface area contributed by atoms with Crippen LogP contribution in [0.2, 0.25) is 0 Å². The van der Waals surface area contributed by atoms with E-state index in [0.717, 1.165) is 22.8 Å². The number of hydrogen-bond acceptors (Lipinski definition) is 5. The van der Waals surface area contributed by atoms with Crippen molar-refractivity contribution < 1.29 is 14.0 Å². The molecule has 0 unspecified atom stereocenters. The van der Waals surface area contributed by atoms with E-state index in [-0.39, 0.29) is 18.4 Å². The number of anilines is 1. The van der Waals surface area contributed by atoms with E-state index >= 15 is 0 Å². The molecule has 0 spiro atoms. The highest BCUT2D eigenvalue weighted by Crippen LogP contribution is 2.24. The molecule has 6 nitrogen and oxygen atoms in total. The van der Waals surface area contributed by atoms with E-state index < -0.39 is 0 Å². The number of carbonyl (C=O) groups is 2. The summed E-state index contributed by atoms with van der Waals surface area (Å²) in [6, 6.07) is 10.8. The van der Waals surface area contributed by atoms with Crippen LogP contribution in [-0.4, -0.2) is 23.3 Å². The highest BCUT2D eigenvalue weighted by molar-refractivity contribution is 7.09. The topological polar surface area (TPSA) is 75.4 Å². The molecule has 1 saturated heterocycles. The van der Waals surface area contributed by atoms with Crippen molar-refractivity contribution in [2.24, 2.45) is 0 Å². The Balaban J connectivity index is 1.41. The zero-order valence-corrected chi connectivity index (χ0v) is 15.7. The highest BCUT2D eigenvalue weighted by atomic mass is 32.1. The molecule has 0 saturated carbocycles. The maximum Gasteiger partial charge on any atom is 0.251 e. The van der Waals surface area contributed by atoms with Crippen LogP contribution in [-0.2, 0) is 11.3 Å². The molecule has 1 aliphatic heterocycles. The molecule has 2 amide bonds. The summed E-state index contributed by atoms with van der Waals surface area (Å²) in [4.78, 5) is 30.5. The van der Waals surface area contributed by atoms with Gasteiger partial charge in [-0.3, -0.25) is 9.59 Å². The second-order valence-corrected chi connectivity index (χ2v) is 7.46. The van der Waals surface area contributed by atoms with Crippen molar-refractivity contribution in [3.05, 3.63) is 58.1 Å². The number of hydrogen-bond donors (Lipinski definition) is 1. The largest absolute Gasteiger partial charge is 0.458 e. The Morgan fingerprint density at radius 2 is 2.22 bits per heavy atom. The zero-order valence-electron chi connectivity index (χ0n) is 14.9. The Bertz CT molecular complexity index is 992. The van der Waals surface area contributed by atoms with E-state index in [2.05, 4.69) is 10.3 Å². The van der Waals surface area contributed by atoms with Gasteiger partial charge < -0.3 is 14.6 Å². The minimum Gasteiger partial charge on any atom is -0.458 e. The summed E-state index contributed by atoms with van der Waals surface area (Å²) in [6.45, 7) is 2.94. The van der Waals surface area contributed by atoms with E-state index in [0.29, 0.717) is 30.0 Å². The van der Waals surface area contributed by atoms with Crippen LogP contribution >= 0.6 is 11.3 Å². The van der Waals surface area contributed by atoms with Gasteiger partial charge in [-0.25, -0.2) is 4.98 Å². The van der Waals surface area contributed by atoms with Crippen molar-refractivity contribution in [2.45, 2.75) is 26.3 Å². The first-order chi connectivity index (χ1) is 13.1. The van der Waals surface area contributed by atoms with Gasteiger partial charge in [-0.15, -0.1) is 11.3 Å². The number of nitrogens with zero attached hydrogens (tertiary/aromatic N) is 2. The molecule has 3 heterocycles. The third kappa shape index (κ3) is 3.78. The molecule has 1 fully saturated rings. The average molecular weight is 381 g/mol. The number of furan rings is 1. The third-order valence-electron chi connectivity index (χ3n) is 4.45. The molecule has 4 rings (SSSR count). The van der Waals surface area contributed by atoms with Crippen molar-refractivity contribution in [1.82, 2.24) is 10.3 Å². The van der Waals surface area contributed by atoms with Crippen molar-refractivity contribution in [3.8, 4) is 11.5 Å². The number of aryl methyl sites for hydroxylation is 1. The fraction of sp³-hybridized carbons (Fsp3) is 0.250. The summed E-state index contributed by atoms with van der Waals surface area (Å²) in [5.41, 5.74) is 2.09. The fourth-order valence-corrected chi connectivity index (χ4v) is 3.69. The Morgan fingerprint density at radius 1 is 1.33 bits per heavy atom. The Morgan fingerprint density at radius 3 is 2.96 bits per heavy atom. The lowest BCUT2D eigenvalue weighted by atomic mass is 10.1. The summed E-state index contributed by atoms with van der Waals surface area (Å²) in [6.07, 6.45) is 1.42. The molecule has 27 heavy (non-hydrogen) atoms. The van der Waals surface area contributed by atoms with E-state index in [1.165, 1.54) is 0 Å². The Hall–Kier alpha value is -2.93. The molecule has 1 aromatic carbocycles. The van der Waals surface area contributed by atoms with Gasteiger partial charge in [-0.05, 0) is 43.7 Å². The molecule has 3 aromatic rings. The standard InChI is InChI=1S/C20H19N3O3S/c1-13-22-17(12-27-13)18-8-7-16(26-18)11-21-20(25)14-4-2-5-15(10-14)23-9-3-6-19(23)24/h2,4-5,7-8,10,12H,3,6,9,11H2,1H3,(H,21,25). The van der Waals surface area contributed by atoms with Gasteiger partial charge in [0.05, 0.1) is 11.6 Å². The van der Waals surface area contributed by atoms with Crippen LogP contribution in [0.5, 0.6) is 0 Å². The zero-order chi connectivity index (χ0) is 18.8. The van der Waals surface area contributed by atoms with E-state index in [9.17, 15) is 9.59 Å². The molecule has 1 aliphatic rings. The number of carbonyl (C=O) groups excluding carboxylic acids is 2. The van der Waals surface area contributed by atoms with Gasteiger partial charge >= 0.3 is 0 Å². The predicted molar refractivity (Wildman–Crippen MR) is 104 cm³/mol. The van der Waals surface area contributed by atoms with Gasteiger partial charge in [0.1, 0.15) is 11.5 Å². The molecular weight excluding hydrogens is 362 g/mol. The smallest absolute Gasteiger partial charge is 0.251 e. The van der Waals surface area contributed by atoms with Gasteiger partial charge in [-0.1, -0.05) is 6.07 Å². The molecule has 0 radical (unpaired) electrons. The van der Waals surface area contributed by atoms with Crippen molar-refractivity contribution in [3.63, 3.8) is 0 Å². The predicted octanol–water partition coefficient (Wildman–Crippen LogP) is 3.77. The van der Waals surface area contributed by atoms with Gasteiger partial charge in [0.15, 0.2) is 5.76 Å².